The van der Waals surface area contributed by atoms with Crippen molar-refractivity contribution in [1.29, 1.82) is 0 Å². The second-order valence-electron chi connectivity index (χ2n) is 7.87. The van der Waals surface area contributed by atoms with E-state index in [2.05, 4.69) is 0 Å². The van der Waals surface area contributed by atoms with Gasteiger partial charge < -0.3 is 0 Å². The maximum absolute atomic E-state index is 13.5. The van der Waals surface area contributed by atoms with Crippen LogP contribution in [0.4, 0.5) is 11.4 Å². The molecule has 3 atom stereocenters. The number of likely N-dealkylation sites (tertiary alicyclic amines) is 1. The summed E-state index contributed by atoms with van der Waals surface area (Å²) in [6, 6.07) is 21.9. The Morgan fingerprint density at radius 1 is 0.939 bits per heavy atom. The number of hydrogen-bond donors (Lipinski definition) is 0. The van der Waals surface area contributed by atoms with E-state index in [9.17, 15) is 19.7 Å². The lowest BCUT2D eigenvalue weighted by Crippen LogP contribution is -2.36. The van der Waals surface area contributed by atoms with Gasteiger partial charge >= 0.3 is 0 Å². The first-order chi connectivity index (χ1) is 16.0. The van der Waals surface area contributed by atoms with Crippen LogP contribution in [0.25, 0.3) is 0 Å². The van der Waals surface area contributed by atoms with Gasteiger partial charge in [-0.25, -0.2) is 5.06 Å². The van der Waals surface area contributed by atoms with Crippen LogP contribution in [-0.2, 0) is 21.0 Å². The van der Waals surface area contributed by atoms with Gasteiger partial charge in [-0.1, -0.05) is 66.2 Å². The van der Waals surface area contributed by atoms with E-state index < -0.39 is 28.9 Å². The summed E-state index contributed by atoms with van der Waals surface area (Å²) in [4.78, 5) is 44.8. The highest BCUT2D eigenvalue weighted by atomic mass is 35.5. The Kier molecular flexibility index (Phi) is 5.32. The second-order valence-corrected chi connectivity index (χ2v) is 8.28. The maximum atomic E-state index is 13.5. The maximum Gasteiger partial charge on any atom is 0.288 e. The SMILES string of the molecule is O=C1[C@@H]2[C@H](ON(c3ccccc3)[C@@H]2c2ccc(Cl)c([N+](=O)[O-])c2)C(=O)N1Cc1ccccc1. The number of nitro groups is 1. The van der Waals surface area contributed by atoms with E-state index >= 15 is 0 Å². The minimum atomic E-state index is -1.03. The van der Waals surface area contributed by atoms with E-state index in [4.69, 9.17) is 16.4 Å². The van der Waals surface area contributed by atoms with Gasteiger partial charge in [0.2, 0.25) is 5.91 Å². The standard InChI is InChI=1S/C24H18ClN3O5/c25-18-12-11-16(13-19(18)28(31)32)21-20-22(33-27(21)17-9-5-2-6-10-17)24(30)26(23(20)29)14-15-7-3-1-4-8-15/h1-13,20-22H,14H2/t20-,21+,22-/m0/s1. The molecule has 0 unspecified atom stereocenters. The van der Waals surface area contributed by atoms with E-state index in [1.54, 1.807) is 30.3 Å². The van der Waals surface area contributed by atoms with E-state index in [-0.39, 0.29) is 23.2 Å². The van der Waals surface area contributed by atoms with Crippen molar-refractivity contribution in [2.75, 3.05) is 5.06 Å². The van der Waals surface area contributed by atoms with Gasteiger partial charge in [0.15, 0.2) is 6.10 Å². The summed E-state index contributed by atoms with van der Waals surface area (Å²) in [5.41, 5.74) is 1.64. The Balaban J connectivity index is 1.56. The number of benzene rings is 3. The van der Waals surface area contributed by atoms with Crippen LogP contribution < -0.4 is 5.06 Å². The van der Waals surface area contributed by atoms with Gasteiger partial charge in [-0.2, -0.15) is 0 Å². The van der Waals surface area contributed by atoms with Gasteiger partial charge in [0.05, 0.1) is 23.2 Å². The zero-order valence-electron chi connectivity index (χ0n) is 17.2. The number of fused-ring (bicyclic) bond motifs is 1. The Labute approximate surface area is 194 Å². The van der Waals surface area contributed by atoms with Crippen LogP contribution in [0.1, 0.15) is 17.2 Å². The number of hydrogen-bond acceptors (Lipinski definition) is 6. The Bertz CT molecular complexity index is 1240. The van der Waals surface area contributed by atoms with Gasteiger partial charge in [-0.05, 0) is 29.3 Å². The van der Waals surface area contributed by atoms with Crippen molar-refractivity contribution in [2.45, 2.75) is 18.7 Å². The molecule has 8 nitrogen and oxygen atoms in total. The molecule has 0 spiro atoms. The number of nitrogens with zero attached hydrogens (tertiary/aromatic N) is 3. The quantitative estimate of drug-likeness (QED) is 0.318. The number of hydroxylamine groups is 1. The Morgan fingerprint density at radius 2 is 1.61 bits per heavy atom. The molecule has 2 aliphatic rings. The third kappa shape index (κ3) is 3.63. The molecule has 0 aliphatic carbocycles. The molecule has 0 aromatic heterocycles. The minimum absolute atomic E-state index is 0.00925. The molecule has 9 heteroatoms. The summed E-state index contributed by atoms with van der Waals surface area (Å²) in [5.74, 6) is -1.67. The minimum Gasteiger partial charge on any atom is -0.275 e. The van der Waals surface area contributed by atoms with Crippen molar-refractivity contribution in [3.8, 4) is 0 Å². The third-order valence-corrected chi connectivity index (χ3v) is 6.23. The Hall–Kier alpha value is -3.75. The monoisotopic (exact) mass is 463 g/mol. The molecule has 2 fully saturated rings. The highest BCUT2D eigenvalue weighted by Crippen LogP contribution is 2.47. The normalized spacial score (nSPS) is 22.0. The van der Waals surface area contributed by atoms with Crippen molar-refractivity contribution in [1.82, 2.24) is 4.90 Å². The van der Waals surface area contributed by atoms with Crippen LogP contribution in [0.2, 0.25) is 5.02 Å². The highest BCUT2D eigenvalue weighted by molar-refractivity contribution is 6.32. The number of amides is 2. The van der Waals surface area contributed by atoms with E-state index in [1.165, 1.54) is 22.1 Å². The molecule has 0 saturated carbocycles. The zero-order chi connectivity index (χ0) is 23.1. The molecule has 166 valence electrons. The molecule has 3 aromatic carbocycles. The number of halogens is 1. The van der Waals surface area contributed by atoms with Crippen molar-refractivity contribution in [2.24, 2.45) is 5.92 Å². The highest BCUT2D eigenvalue weighted by Gasteiger charge is 2.59. The topological polar surface area (TPSA) is 93.0 Å². The largest absolute Gasteiger partial charge is 0.288 e. The van der Waals surface area contributed by atoms with E-state index in [1.807, 2.05) is 36.4 Å². The second kappa shape index (κ2) is 8.31. The van der Waals surface area contributed by atoms with Gasteiger partial charge in [0.25, 0.3) is 11.6 Å². The molecule has 2 saturated heterocycles. The molecule has 0 N–H and O–H groups in total. The first-order valence-corrected chi connectivity index (χ1v) is 10.7. The van der Waals surface area contributed by atoms with Gasteiger partial charge in [0, 0.05) is 6.07 Å². The lowest BCUT2D eigenvalue weighted by molar-refractivity contribution is -0.384. The fraction of sp³-hybridized carbons (Fsp3) is 0.167. The molecule has 33 heavy (non-hydrogen) atoms. The fourth-order valence-electron chi connectivity index (χ4n) is 4.38. The average molecular weight is 464 g/mol. The van der Waals surface area contributed by atoms with Crippen LogP contribution in [0.3, 0.4) is 0 Å². The molecule has 0 radical (unpaired) electrons. The molecule has 5 rings (SSSR count). The fourth-order valence-corrected chi connectivity index (χ4v) is 4.57. The number of imide groups is 1. The Morgan fingerprint density at radius 3 is 2.27 bits per heavy atom. The zero-order valence-corrected chi connectivity index (χ0v) is 18.0. The lowest BCUT2D eigenvalue weighted by Gasteiger charge is -2.28. The van der Waals surface area contributed by atoms with Crippen LogP contribution in [-0.4, -0.2) is 27.7 Å². The predicted octanol–water partition coefficient (Wildman–Crippen LogP) is 4.29. The average Bonchev–Trinajstić information content (AvgIpc) is 3.33. The summed E-state index contributed by atoms with van der Waals surface area (Å²) in [6.45, 7) is 0.133. The first-order valence-electron chi connectivity index (χ1n) is 10.3. The number of nitro benzene ring substituents is 1. The number of rotatable bonds is 5. The van der Waals surface area contributed by atoms with Gasteiger partial charge in [-0.15, -0.1) is 0 Å². The molecule has 3 aromatic rings. The van der Waals surface area contributed by atoms with Crippen molar-refractivity contribution in [3.63, 3.8) is 0 Å². The summed E-state index contributed by atoms with van der Waals surface area (Å²) in [5, 5.41) is 13.0. The molecule has 2 aliphatic heterocycles. The predicted molar refractivity (Wildman–Crippen MR) is 120 cm³/mol. The number of carbonyl (C=O) groups is 2. The number of para-hydroxylation sites is 1. The van der Waals surface area contributed by atoms with Crippen LogP contribution in [0.5, 0.6) is 0 Å². The van der Waals surface area contributed by atoms with E-state index in [0.29, 0.717) is 11.3 Å². The molecular weight excluding hydrogens is 446 g/mol. The van der Waals surface area contributed by atoms with E-state index in [0.717, 1.165) is 5.56 Å². The van der Waals surface area contributed by atoms with Crippen molar-refractivity contribution < 1.29 is 19.3 Å². The smallest absolute Gasteiger partial charge is 0.275 e. The third-order valence-electron chi connectivity index (χ3n) is 5.91. The number of carbonyl (C=O) groups excluding carboxylic acids is 2. The van der Waals surface area contributed by atoms with Crippen LogP contribution >= 0.6 is 11.6 Å². The summed E-state index contributed by atoms with van der Waals surface area (Å²) in [7, 11) is 0. The van der Waals surface area contributed by atoms with Gasteiger partial charge in [-0.3, -0.25) is 29.4 Å². The summed E-state index contributed by atoms with van der Waals surface area (Å²) >= 11 is 6.01. The van der Waals surface area contributed by atoms with Gasteiger partial charge in [0.1, 0.15) is 10.9 Å². The van der Waals surface area contributed by atoms with Crippen LogP contribution in [0, 0.1) is 16.0 Å². The lowest BCUT2D eigenvalue weighted by atomic mass is 9.90. The summed E-state index contributed by atoms with van der Waals surface area (Å²) in [6.07, 6.45) is -1.03. The molecular formula is C24H18ClN3O5. The number of anilines is 1. The molecule has 0 bridgehead atoms. The molecule has 2 amide bonds. The summed E-state index contributed by atoms with van der Waals surface area (Å²) < 4.78 is 0. The first kappa shape index (κ1) is 21.1. The molecule has 2 heterocycles. The van der Waals surface area contributed by atoms with Crippen LogP contribution in [0.15, 0.2) is 78.9 Å². The van der Waals surface area contributed by atoms with Crippen molar-refractivity contribution in [3.05, 3.63) is 105 Å². The van der Waals surface area contributed by atoms with Crippen molar-refractivity contribution >= 4 is 34.8 Å².